The second-order valence-electron chi connectivity index (χ2n) is 9.26. The number of ether oxygens (including phenoxy) is 1. The molecule has 0 amide bonds. The maximum Gasteiger partial charge on any atom is 0.344 e. The number of fused-ring (bicyclic) bond motifs is 7. The summed E-state index contributed by atoms with van der Waals surface area (Å²) in [6, 6.07) is 18.6. The van der Waals surface area contributed by atoms with Crippen LogP contribution in [0.15, 0.2) is 88.6 Å². The third-order valence-electron chi connectivity index (χ3n) is 6.94. The zero-order valence-electron chi connectivity index (χ0n) is 20.4. The van der Waals surface area contributed by atoms with Crippen molar-refractivity contribution in [1.82, 2.24) is 34.5 Å². The second kappa shape index (κ2) is 7.99. The van der Waals surface area contributed by atoms with Crippen LogP contribution in [0.25, 0.3) is 39.0 Å². The number of pyridine rings is 1. The normalized spacial score (nSPS) is 14.3. The van der Waals surface area contributed by atoms with Crippen LogP contribution in [0.3, 0.4) is 0 Å². The molecule has 39 heavy (non-hydrogen) atoms. The van der Waals surface area contributed by atoms with Crippen LogP contribution in [0.4, 0.5) is 0 Å². The van der Waals surface area contributed by atoms with Crippen molar-refractivity contribution in [3.05, 3.63) is 112 Å². The molecular weight excluding hydrogens is 494 g/mol. The van der Waals surface area contributed by atoms with Crippen LogP contribution in [0.1, 0.15) is 28.4 Å². The lowest BCUT2D eigenvalue weighted by Gasteiger charge is -2.27. The molecule has 0 N–H and O–H groups in total. The Labute approximate surface area is 219 Å². The van der Waals surface area contributed by atoms with E-state index in [4.69, 9.17) is 24.1 Å². The Bertz CT molecular complexity index is 2160. The topological polar surface area (TPSA) is 121 Å². The third-order valence-corrected chi connectivity index (χ3v) is 6.94. The van der Waals surface area contributed by atoms with Crippen molar-refractivity contribution in [2.24, 2.45) is 0 Å². The predicted octanol–water partition coefficient (Wildman–Crippen LogP) is 4.83. The predicted molar refractivity (Wildman–Crippen MR) is 142 cm³/mol. The number of hydrogen-bond acceptors (Lipinski definition) is 9. The summed E-state index contributed by atoms with van der Waals surface area (Å²) < 4.78 is 13.7. The SMILES string of the molecule is Cc1nc2ccccc2nc1C1c2c(c3ccccc3oc2=O)Oc2ncn3nc(-c4cccnc4)nc3c21. The summed E-state index contributed by atoms with van der Waals surface area (Å²) in [6.07, 6.45) is 4.93. The largest absolute Gasteiger partial charge is 0.437 e. The van der Waals surface area contributed by atoms with E-state index in [1.54, 1.807) is 29.3 Å². The standard InChI is InChI=1S/C29H17N7O3/c1-15-24(33-19-10-4-3-9-18(19)32-15)21-22-25(17-8-2-5-11-20(17)38-29(22)37)39-28-23(21)27-34-26(35-36(27)14-31-28)16-7-6-12-30-13-16/h2-14,21H,1H3. The minimum absolute atomic E-state index is 0.315. The molecule has 0 radical (unpaired) electrons. The number of rotatable bonds is 2. The van der Waals surface area contributed by atoms with Gasteiger partial charge in [-0.25, -0.2) is 29.2 Å². The van der Waals surface area contributed by atoms with Gasteiger partial charge in [0.1, 0.15) is 11.9 Å². The monoisotopic (exact) mass is 511 g/mol. The summed E-state index contributed by atoms with van der Waals surface area (Å²) in [6.45, 7) is 1.88. The first kappa shape index (κ1) is 21.6. The number of aromatic nitrogens is 7. The summed E-state index contributed by atoms with van der Waals surface area (Å²) in [5, 5.41) is 5.29. The highest BCUT2D eigenvalue weighted by atomic mass is 16.5. The summed E-state index contributed by atoms with van der Waals surface area (Å²) in [7, 11) is 0. The average Bonchev–Trinajstić information content (AvgIpc) is 3.41. The molecule has 1 unspecified atom stereocenters. The fraction of sp³-hybridized carbons (Fsp3) is 0.0690. The Kier molecular flexibility index (Phi) is 4.42. The summed E-state index contributed by atoms with van der Waals surface area (Å²) in [5.74, 6) is 0.450. The lowest BCUT2D eigenvalue weighted by Crippen LogP contribution is -2.24. The van der Waals surface area contributed by atoms with E-state index >= 15 is 0 Å². The quantitative estimate of drug-likeness (QED) is 0.300. The van der Waals surface area contributed by atoms with Gasteiger partial charge in [-0.05, 0) is 43.3 Å². The molecule has 0 spiro atoms. The van der Waals surface area contributed by atoms with Gasteiger partial charge in [-0.15, -0.1) is 5.10 Å². The number of aryl methyl sites for hydroxylation is 1. The van der Waals surface area contributed by atoms with Crippen molar-refractivity contribution in [1.29, 1.82) is 0 Å². The molecule has 186 valence electrons. The number of para-hydroxylation sites is 3. The van der Waals surface area contributed by atoms with Crippen molar-refractivity contribution in [3.8, 4) is 23.0 Å². The van der Waals surface area contributed by atoms with Crippen LogP contribution in [0, 0.1) is 6.92 Å². The zero-order valence-corrected chi connectivity index (χ0v) is 20.4. The van der Waals surface area contributed by atoms with Gasteiger partial charge in [-0.1, -0.05) is 24.3 Å². The second-order valence-corrected chi connectivity index (χ2v) is 9.26. The highest BCUT2D eigenvalue weighted by Gasteiger charge is 2.39. The van der Waals surface area contributed by atoms with Crippen molar-refractivity contribution >= 4 is 27.6 Å². The highest BCUT2D eigenvalue weighted by Crippen LogP contribution is 2.49. The van der Waals surface area contributed by atoms with E-state index in [0.29, 0.717) is 62.1 Å². The van der Waals surface area contributed by atoms with Gasteiger partial charge in [0.05, 0.1) is 44.9 Å². The molecule has 7 aromatic rings. The van der Waals surface area contributed by atoms with E-state index < -0.39 is 11.5 Å². The summed E-state index contributed by atoms with van der Waals surface area (Å²) >= 11 is 0. The van der Waals surface area contributed by atoms with Gasteiger partial charge >= 0.3 is 5.63 Å². The first-order valence-corrected chi connectivity index (χ1v) is 12.3. The Hall–Kier alpha value is -5.51. The molecule has 0 aliphatic carbocycles. The van der Waals surface area contributed by atoms with E-state index in [9.17, 15) is 4.79 Å². The summed E-state index contributed by atoms with van der Waals surface area (Å²) in [5.41, 5.74) is 4.71. The molecular formula is C29H17N7O3. The van der Waals surface area contributed by atoms with Gasteiger partial charge in [0.15, 0.2) is 17.2 Å². The number of hydrogen-bond donors (Lipinski definition) is 0. The maximum atomic E-state index is 13.6. The summed E-state index contributed by atoms with van der Waals surface area (Å²) in [4.78, 5) is 37.1. The molecule has 0 saturated heterocycles. The molecule has 0 saturated carbocycles. The first-order valence-electron chi connectivity index (χ1n) is 12.3. The fourth-order valence-corrected chi connectivity index (χ4v) is 5.20. The Morgan fingerprint density at radius 1 is 0.897 bits per heavy atom. The van der Waals surface area contributed by atoms with Crippen LogP contribution < -0.4 is 10.4 Å². The van der Waals surface area contributed by atoms with Gasteiger partial charge in [0.2, 0.25) is 5.88 Å². The van der Waals surface area contributed by atoms with Crippen molar-refractivity contribution in [3.63, 3.8) is 0 Å². The average molecular weight is 512 g/mol. The van der Waals surface area contributed by atoms with Crippen LogP contribution >= 0.6 is 0 Å². The van der Waals surface area contributed by atoms with Crippen LogP contribution in [0.5, 0.6) is 11.6 Å². The van der Waals surface area contributed by atoms with E-state index in [1.807, 2.05) is 61.5 Å². The van der Waals surface area contributed by atoms with E-state index in [2.05, 4.69) is 15.1 Å². The molecule has 0 bridgehead atoms. The number of nitrogens with zero attached hydrogens (tertiary/aromatic N) is 7. The smallest absolute Gasteiger partial charge is 0.344 e. The molecule has 5 aromatic heterocycles. The number of benzene rings is 2. The Balaban J connectivity index is 1.48. The van der Waals surface area contributed by atoms with Crippen LogP contribution in [0.2, 0.25) is 0 Å². The molecule has 1 aliphatic rings. The molecule has 10 heteroatoms. The first-order chi connectivity index (χ1) is 19.2. The molecule has 8 rings (SSSR count). The zero-order chi connectivity index (χ0) is 26.1. The van der Waals surface area contributed by atoms with E-state index in [0.717, 1.165) is 11.1 Å². The third kappa shape index (κ3) is 3.18. The molecule has 1 aliphatic heterocycles. The van der Waals surface area contributed by atoms with Gasteiger partial charge in [0.25, 0.3) is 0 Å². The molecule has 2 aromatic carbocycles. The van der Waals surface area contributed by atoms with Crippen LogP contribution in [-0.2, 0) is 0 Å². The van der Waals surface area contributed by atoms with Gasteiger partial charge in [-0.3, -0.25) is 4.98 Å². The van der Waals surface area contributed by atoms with Gasteiger partial charge in [-0.2, -0.15) is 0 Å². The molecule has 1 atom stereocenters. The molecule has 10 nitrogen and oxygen atoms in total. The van der Waals surface area contributed by atoms with Gasteiger partial charge < -0.3 is 9.15 Å². The van der Waals surface area contributed by atoms with Crippen molar-refractivity contribution < 1.29 is 9.15 Å². The lowest BCUT2D eigenvalue weighted by atomic mass is 9.86. The lowest BCUT2D eigenvalue weighted by molar-refractivity contribution is 0.421. The van der Waals surface area contributed by atoms with Crippen molar-refractivity contribution in [2.75, 3.05) is 0 Å². The molecule has 6 heterocycles. The van der Waals surface area contributed by atoms with Crippen molar-refractivity contribution in [2.45, 2.75) is 12.8 Å². The van der Waals surface area contributed by atoms with E-state index in [1.165, 1.54) is 0 Å². The van der Waals surface area contributed by atoms with E-state index in [-0.39, 0.29) is 0 Å². The fourth-order valence-electron chi connectivity index (χ4n) is 5.20. The highest BCUT2D eigenvalue weighted by molar-refractivity contribution is 5.87. The minimum atomic E-state index is -0.719. The van der Waals surface area contributed by atoms with Crippen LogP contribution in [-0.4, -0.2) is 34.5 Å². The molecule has 0 fully saturated rings. The minimum Gasteiger partial charge on any atom is -0.437 e. The Morgan fingerprint density at radius 3 is 2.56 bits per heavy atom. The Morgan fingerprint density at radius 2 is 1.72 bits per heavy atom. The van der Waals surface area contributed by atoms with Gasteiger partial charge in [0, 0.05) is 18.0 Å². The maximum absolute atomic E-state index is 13.6.